The molecule has 0 atom stereocenters. The molecule has 20 heavy (non-hydrogen) atoms. The Balaban J connectivity index is 1.75. The third-order valence-electron chi connectivity index (χ3n) is 2.87. The van der Waals surface area contributed by atoms with Crippen molar-refractivity contribution in [3.8, 4) is 0 Å². The highest BCUT2D eigenvalue weighted by Gasteiger charge is 2.04. The second-order valence-electron chi connectivity index (χ2n) is 4.31. The third kappa shape index (κ3) is 4.38. The predicted octanol–water partition coefficient (Wildman–Crippen LogP) is 3.34. The Bertz CT molecular complexity index is 540. The van der Waals surface area contributed by atoms with Crippen molar-refractivity contribution in [1.29, 1.82) is 0 Å². The van der Waals surface area contributed by atoms with Gasteiger partial charge in [-0.1, -0.05) is 18.2 Å². The highest BCUT2D eigenvalue weighted by Crippen LogP contribution is 2.14. The van der Waals surface area contributed by atoms with E-state index in [0.29, 0.717) is 5.56 Å². The maximum absolute atomic E-state index is 11.3. The Kier molecular flexibility index (Phi) is 5.62. The van der Waals surface area contributed by atoms with E-state index in [1.54, 1.807) is 12.1 Å². The van der Waals surface area contributed by atoms with Crippen LogP contribution < -0.4 is 0 Å². The van der Waals surface area contributed by atoms with E-state index in [1.165, 1.54) is 12.7 Å². The van der Waals surface area contributed by atoms with Crippen LogP contribution in [0.4, 0.5) is 0 Å². The topological polar surface area (TPSA) is 39.2 Å². The number of benzene rings is 1. The zero-order valence-corrected chi connectivity index (χ0v) is 12.2. The van der Waals surface area contributed by atoms with Crippen molar-refractivity contribution in [2.75, 3.05) is 12.9 Å². The van der Waals surface area contributed by atoms with Gasteiger partial charge in [0.1, 0.15) is 0 Å². The van der Waals surface area contributed by atoms with Crippen molar-refractivity contribution in [3.05, 3.63) is 65.5 Å². The van der Waals surface area contributed by atoms with Gasteiger partial charge in [0.25, 0.3) is 0 Å². The largest absolute Gasteiger partial charge is 0.465 e. The molecule has 2 rings (SSSR count). The first kappa shape index (κ1) is 14.6. The van der Waals surface area contributed by atoms with Crippen molar-refractivity contribution in [3.63, 3.8) is 0 Å². The molecule has 3 nitrogen and oxygen atoms in total. The molecule has 0 amide bonds. The molecule has 0 saturated heterocycles. The molecule has 0 aliphatic heterocycles. The van der Waals surface area contributed by atoms with Gasteiger partial charge < -0.3 is 4.74 Å². The van der Waals surface area contributed by atoms with Crippen LogP contribution in [0.25, 0.3) is 0 Å². The number of aromatic nitrogens is 1. The number of esters is 1. The molecule has 0 spiro atoms. The highest BCUT2D eigenvalue weighted by atomic mass is 32.2. The van der Waals surface area contributed by atoms with E-state index in [9.17, 15) is 4.79 Å². The number of carbonyl (C=O) groups is 1. The van der Waals surface area contributed by atoms with Gasteiger partial charge >= 0.3 is 5.97 Å². The van der Waals surface area contributed by atoms with E-state index in [-0.39, 0.29) is 5.97 Å². The molecule has 0 N–H and O–H groups in total. The van der Waals surface area contributed by atoms with Crippen LogP contribution in [0.5, 0.6) is 0 Å². The molecule has 1 aromatic heterocycles. The Morgan fingerprint density at radius 3 is 2.65 bits per heavy atom. The summed E-state index contributed by atoms with van der Waals surface area (Å²) in [5.41, 5.74) is 2.93. The maximum atomic E-state index is 11.3. The van der Waals surface area contributed by atoms with Crippen molar-refractivity contribution in [2.24, 2.45) is 0 Å². The van der Waals surface area contributed by atoms with E-state index >= 15 is 0 Å². The van der Waals surface area contributed by atoms with Crippen LogP contribution in [-0.4, -0.2) is 23.8 Å². The summed E-state index contributed by atoms with van der Waals surface area (Å²) >= 11 is 1.87. The second kappa shape index (κ2) is 7.70. The normalized spacial score (nSPS) is 10.2. The van der Waals surface area contributed by atoms with Gasteiger partial charge in [-0.2, -0.15) is 11.8 Å². The predicted molar refractivity (Wildman–Crippen MR) is 81.9 cm³/mol. The van der Waals surface area contributed by atoms with Crippen LogP contribution in [0.2, 0.25) is 0 Å². The monoisotopic (exact) mass is 287 g/mol. The molecule has 0 aliphatic carbocycles. The number of methoxy groups -OCH3 is 1. The molecule has 1 aromatic carbocycles. The van der Waals surface area contributed by atoms with Gasteiger partial charge in [0.2, 0.25) is 0 Å². The molecule has 0 fully saturated rings. The molecule has 2 aromatic rings. The number of ether oxygens (including phenoxy) is 1. The molecule has 4 heteroatoms. The number of pyridine rings is 1. The number of rotatable bonds is 6. The number of hydrogen-bond acceptors (Lipinski definition) is 4. The zero-order chi connectivity index (χ0) is 14.2. The zero-order valence-electron chi connectivity index (χ0n) is 11.4. The van der Waals surface area contributed by atoms with Gasteiger partial charge in [-0.3, -0.25) is 4.98 Å². The lowest BCUT2D eigenvalue weighted by atomic mass is 10.1. The summed E-state index contributed by atoms with van der Waals surface area (Å²) < 4.78 is 4.67. The first-order valence-corrected chi connectivity index (χ1v) is 7.60. The van der Waals surface area contributed by atoms with E-state index in [2.05, 4.69) is 9.72 Å². The van der Waals surface area contributed by atoms with Crippen molar-refractivity contribution in [2.45, 2.75) is 12.2 Å². The van der Waals surface area contributed by atoms with E-state index in [0.717, 1.165) is 23.6 Å². The average Bonchev–Trinajstić information content (AvgIpc) is 2.52. The summed E-state index contributed by atoms with van der Waals surface area (Å²) in [6.45, 7) is 0. The number of carbonyl (C=O) groups excluding carboxylic acids is 1. The molecular weight excluding hydrogens is 270 g/mol. The number of thioether (sulfide) groups is 1. The maximum Gasteiger partial charge on any atom is 0.337 e. The van der Waals surface area contributed by atoms with Crippen LogP contribution >= 0.6 is 11.8 Å². The van der Waals surface area contributed by atoms with Gasteiger partial charge in [-0.15, -0.1) is 0 Å². The minimum absolute atomic E-state index is 0.292. The summed E-state index contributed by atoms with van der Waals surface area (Å²) in [4.78, 5) is 15.6. The van der Waals surface area contributed by atoms with Crippen LogP contribution in [0.15, 0.2) is 48.7 Å². The number of nitrogens with zero attached hydrogens (tertiary/aromatic N) is 1. The molecule has 1 heterocycles. The molecule has 0 saturated carbocycles. The number of aryl methyl sites for hydroxylation is 1. The summed E-state index contributed by atoms with van der Waals surface area (Å²) in [6, 6.07) is 13.5. The Hall–Kier alpha value is -1.81. The van der Waals surface area contributed by atoms with Crippen LogP contribution in [0.1, 0.15) is 21.6 Å². The van der Waals surface area contributed by atoms with Gasteiger partial charge in [0.05, 0.1) is 12.7 Å². The highest BCUT2D eigenvalue weighted by molar-refractivity contribution is 7.98. The van der Waals surface area contributed by atoms with Crippen molar-refractivity contribution < 1.29 is 9.53 Å². The molecule has 0 aliphatic rings. The van der Waals surface area contributed by atoms with Crippen molar-refractivity contribution >= 4 is 17.7 Å². The summed E-state index contributed by atoms with van der Waals surface area (Å²) in [7, 11) is 1.39. The molecule has 0 radical (unpaired) electrons. The fourth-order valence-electron chi connectivity index (χ4n) is 1.77. The Labute approximate surface area is 123 Å². The van der Waals surface area contributed by atoms with E-state index < -0.39 is 0 Å². The Morgan fingerprint density at radius 1 is 1.20 bits per heavy atom. The minimum atomic E-state index is -0.292. The lowest BCUT2D eigenvalue weighted by molar-refractivity contribution is 0.0600. The lowest BCUT2D eigenvalue weighted by Gasteiger charge is -2.03. The SMILES string of the molecule is COC(=O)c1ccc(CSCCc2ccccn2)cc1. The van der Waals surface area contributed by atoms with Crippen molar-refractivity contribution in [1.82, 2.24) is 4.98 Å². The summed E-state index contributed by atoms with van der Waals surface area (Å²) in [6.07, 6.45) is 2.80. The molecule has 0 unspecified atom stereocenters. The van der Waals surface area contributed by atoms with Gasteiger partial charge in [0, 0.05) is 17.6 Å². The summed E-state index contributed by atoms with van der Waals surface area (Å²) in [5.74, 6) is 1.68. The first-order valence-electron chi connectivity index (χ1n) is 6.44. The second-order valence-corrected chi connectivity index (χ2v) is 5.42. The van der Waals surface area contributed by atoms with Gasteiger partial charge in [-0.05, 0) is 42.0 Å². The molecule has 104 valence electrons. The molecular formula is C16H17NO2S. The quantitative estimate of drug-likeness (QED) is 0.603. The summed E-state index contributed by atoms with van der Waals surface area (Å²) in [5, 5.41) is 0. The Morgan fingerprint density at radius 2 is 2.00 bits per heavy atom. The van der Waals surface area contributed by atoms with Gasteiger partial charge in [0.15, 0.2) is 0 Å². The van der Waals surface area contributed by atoms with Crippen LogP contribution in [0, 0.1) is 0 Å². The standard InChI is InChI=1S/C16H17NO2S/c1-19-16(18)14-7-5-13(6-8-14)12-20-11-9-15-4-2-3-10-17-15/h2-8,10H,9,11-12H2,1H3. The average molecular weight is 287 g/mol. The smallest absolute Gasteiger partial charge is 0.337 e. The van der Waals surface area contributed by atoms with E-state index in [1.807, 2.05) is 48.3 Å². The van der Waals surface area contributed by atoms with Crippen LogP contribution in [0.3, 0.4) is 0 Å². The molecule has 0 bridgehead atoms. The first-order chi connectivity index (χ1) is 9.79. The van der Waals surface area contributed by atoms with E-state index in [4.69, 9.17) is 0 Å². The minimum Gasteiger partial charge on any atom is -0.465 e. The fourth-order valence-corrected chi connectivity index (χ4v) is 2.69. The van der Waals surface area contributed by atoms with Crippen LogP contribution in [-0.2, 0) is 16.9 Å². The lowest BCUT2D eigenvalue weighted by Crippen LogP contribution is -2.00. The fraction of sp³-hybridized carbons (Fsp3) is 0.250. The van der Waals surface area contributed by atoms with Gasteiger partial charge in [-0.25, -0.2) is 4.79 Å². The third-order valence-corrected chi connectivity index (χ3v) is 3.90. The number of hydrogen-bond donors (Lipinski definition) is 0.